The zero-order valence-electron chi connectivity index (χ0n) is 7.46. The van der Waals surface area contributed by atoms with E-state index in [1.165, 1.54) is 6.08 Å². The Balaban J connectivity index is 0.00000169. The molecule has 68 valence electrons. The van der Waals surface area contributed by atoms with Crippen LogP contribution in [0, 0.1) is 0 Å². The molecule has 0 radical (unpaired) electrons. The van der Waals surface area contributed by atoms with Crippen LogP contribution in [0.3, 0.4) is 0 Å². The summed E-state index contributed by atoms with van der Waals surface area (Å²) in [7, 11) is 0. The first kappa shape index (κ1) is 14.0. The Hall–Kier alpha value is 0.0100. The zero-order chi connectivity index (χ0) is 9.84. The summed E-state index contributed by atoms with van der Waals surface area (Å²) in [6.07, 6.45) is 2.32. The number of carboxylic acid groups (broad SMARTS) is 1. The summed E-state index contributed by atoms with van der Waals surface area (Å²) in [4.78, 5) is 10.1. The molecule has 0 aliphatic rings. The topological polar surface area (TPSA) is 40.1 Å². The van der Waals surface area contributed by atoms with E-state index in [-0.39, 0.29) is 29.6 Å². The third kappa shape index (κ3) is 4.49. The van der Waals surface area contributed by atoms with Crippen molar-refractivity contribution in [3.05, 3.63) is 39.9 Å². The van der Waals surface area contributed by atoms with E-state index in [0.717, 1.165) is 6.08 Å². The summed E-state index contributed by atoms with van der Waals surface area (Å²) >= 11 is 11.4. The van der Waals surface area contributed by atoms with Gasteiger partial charge in [0, 0.05) is 0 Å². The number of carbonyl (C=O) groups is 1. The van der Waals surface area contributed by atoms with Crippen LogP contribution < -0.4 is 34.7 Å². The molecule has 0 fully saturated rings. The number of hydrogen-bond donors (Lipinski definition) is 0. The molecule has 0 aliphatic carbocycles. The molecule has 5 heteroatoms. The van der Waals surface area contributed by atoms with E-state index in [1.807, 2.05) is 0 Å². The van der Waals surface area contributed by atoms with Crippen molar-refractivity contribution in [3.8, 4) is 0 Å². The fourth-order valence-corrected chi connectivity index (χ4v) is 1.09. The van der Waals surface area contributed by atoms with Crippen LogP contribution in [0.25, 0.3) is 6.08 Å². The second kappa shape index (κ2) is 6.49. The van der Waals surface area contributed by atoms with Gasteiger partial charge in [0.25, 0.3) is 0 Å². The number of carboxylic acids is 1. The molecule has 0 spiro atoms. The molecule has 1 aromatic carbocycles. The second-order valence-electron chi connectivity index (χ2n) is 2.33. The van der Waals surface area contributed by atoms with Gasteiger partial charge in [0.15, 0.2) is 0 Å². The molecular weight excluding hydrogens is 234 g/mol. The summed E-state index contributed by atoms with van der Waals surface area (Å²) in [5.74, 6) is -1.24. The summed E-state index contributed by atoms with van der Waals surface area (Å²) < 4.78 is 0. The predicted octanol–water partition coefficient (Wildman–Crippen LogP) is -1.24. The molecule has 0 N–H and O–H groups in total. The molecular formula is C9H5Cl2NaO2. The minimum Gasteiger partial charge on any atom is -0.545 e. The van der Waals surface area contributed by atoms with Crippen LogP contribution in [0.1, 0.15) is 5.56 Å². The van der Waals surface area contributed by atoms with Gasteiger partial charge in [-0.3, -0.25) is 0 Å². The number of halogens is 2. The Bertz CT molecular complexity index is 364. The molecule has 0 aliphatic heterocycles. The van der Waals surface area contributed by atoms with Gasteiger partial charge in [0.1, 0.15) is 0 Å². The second-order valence-corrected chi connectivity index (χ2v) is 3.14. The molecule has 0 atom stereocenters. The van der Waals surface area contributed by atoms with E-state index in [9.17, 15) is 9.90 Å². The van der Waals surface area contributed by atoms with Gasteiger partial charge < -0.3 is 9.90 Å². The van der Waals surface area contributed by atoms with E-state index < -0.39 is 5.97 Å². The van der Waals surface area contributed by atoms with Crippen molar-refractivity contribution in [2.75, 3.05) is 0 Å². The summed E-state index contributed by atoms with van der Waals surface area (Å²) in [6.45, 7) is 0. The minimum absolute atomic E-state index is 0. The number of hydrogen-bond acceptors (Lipinski definition) is 2. The molecule has 0 saturated carbocycles. The number of benzene rings is 1. The predicted molar refractivity (Wildman–Crippen MR) is 50.5 cm³/mol. The van der Waals surface area contributed by atoms with Crippen LogP contribution in [-0.2, 0) is 4.79 Å². The van der Waals surface area contributed by atoms with Crippen LogP contribution in [0.2, 0.25) is 10.0 Å². The molecule has 0 aromatic heterocycles. The maximum Gasteiger partial charge on any atom is 1.00 e. The minimum atomic E-state index is -1.24. The van der Waals surface area contributed by atoms with E-state index in [1.54, 1.807) is 18.2 Å². The Morgan fingerprint density at radius 1 is 1.29 bits per heavy atom. The van der Waals surface area contributed by atoms with Crippen LogP contribution in [-0.4, -0.2) is 5.97 Å². The molecule has 0 saturated heterocycles. The first-order chi connectivity index (χ1) is 6.09. The molecule has 1 aromatic rings. The fourth-order valence-electron chi connectivity index (χ4n) is 0.780. The summed E-state index contributed by atoms with van der Waals surface area (Å²) in [5, 5.41) is 10.9. The number of rotatable bonds is 2. The Morgan fingerprint density at radius 2 is 1.93 bits per heavy atom. The first-order valence-corrected chi connectivity index (χ1v) is 4.19. The smallest absolute Gasteiger partial charge is 0.545 e. The maximum absolute atomic E-state index is 10.1. The van der Waals surface area contributed by atoms with Gasteiger partial charge >= 0.3 is 29.6 Å². The molecule has 0 amide bonds. The van der Waals surface area contributed by atoms with E-state index in [0.29, 0.717) is 15.6 Å². The third-order valence-electron chi connectivity index (χ3n) is 1.36. The average Bonchev–Trinajstić information content (AvgIpc) is 2.07. The summed E-state index contributed by atoms with van der Waals surface area (Å²) in [6, 6.07) is 4.83. The molecule has 0 bridgehead atoms. The average molecular weight is 239 g/mol. The number of carbonyl (C=O) groups excluding carboxylic acids is 1. The largest absolute Gasteiger partial charge is 1.00 e. The van der Waals surface area contributed by atoms with Crippen molar-refractivity contribution in [1.82, 2.24) is 0 Å². The zero-order valence-corrected chi connectivity index (χ0v) is 11.0. The number of aliphatic carboxylic acids is 1. The van der Waals surface area contributed by atoms with Crippen LogP contribution in [0.5, 0.6) is 0 Å². The monoisotopic (exact) mass is 238 g/mol. The van der Waals surface area contributed by atoms with Gasteiger partial charge in [0.05, 0.1) is 16.0 Å². The van der Waals surface area contributed by atoms with Crippen molar-refractivity contribution in [2.45, 2.75) is 0 Å². The SMILES string of the molecule is O=C([O-])C=Cc1ccc(Cl)c(Cl)c1.[Na+]. The quantitative estimate of drug-likeness (QED) is 0.478. The van der Waals surface area contributed by atoms with E-state index in [2.05, 4.69) is 0 Å². The Morgan fingerprint density at radius 3 is 2.43 bits per heavy atom. The van der Waals surface area contributed by atoms with Gasteiger partial charge in [-0.1, -0.05) is 35.3 Å². The Kier molecular flexibility index (Phi) is 6.49. The molecule has 14 heavy (non-hydrogen) atoms. The van der Waals surface area contributed by atoms with Gasteiger partial charge in [-0.2, -0.15) is 0 Å². The van der Waals surface area contributed by atoms with Crippen molar-refractivity contribution < 1.29 is 39.5 Å². The van der Waals surface area contributed by atoms with E-state index >= 15 is 0 Å². The summed E-state index contributed by atoms with van der Waals surface area (Å²) in [5.41, 5.74) is 0.665. The van der Waals surface area contributed by atoms with Crippen LogP contribution in [0.15, 0.2) is 24.3 Å². The van der Waals surface area contributed by atoms with Crippen molar-refractivity contribution in [2.24, 2.45) is 0 Å². The molecule has 0 unspecified atom stereocenters. The van der Waals surface area contributed by atoms with Gasteiger partial charge in [-0.25, -0.2) is 0 Å². The molecule has 0 heterocycles. The first-order valence-electron chi connectivity index (χ1n) is 3.43. The van der Waals surface area contributed by atoms with Gasteiger partial charge in [-0.15, -0.1) is 0 Å². The fraction of sp³-hybridized carbons (Fsp3) is 0. The van der Waals surface area contributed by atoms with E-state index in [4.69, 9.17) is 23.2 Å². The van der Waals surface area contributed by atoms with Crippen LogP contribution in [0.4, 0.5) is 0 Å². The third-order valence-corrected chi connectivity index (χ3v) is 2.09. The molecule has 2 nitrogen and oxygen atoms in total. The van der Waals surface area contributed by atoms with Crippen molar-refractivity contribution in [1.29, 1.82) is 0 Å². The molecule has 1 rings (SSSR count). The van der Waals surface area contributed by atoms with Crippen LogP contribution >= 0.6 is 23.2 Å². The normalized spacial score (nSPS) is 9.86. The Labute approximate surface area is 114 Å². The van der Waals surface area contributed by atoms with Gasteiger partial charge in [0.2, 0.25) is 0 Å². The van der Waals surface area contributed by atoms with Crippen molar-refractivity contribution >= 4 is 35.2 Å². The maximum atomic E-state index is 10.1. The standard InChI is InChI=1S/C9H6Cl2O2.Na/c10-7-3-1-6(5-8(7)11)2-4-9(12)13;/h1-5H,(H,12,13);/q;+1/p-1. The van der Waals surface area contributed by atoms with Crippen molar-refractivity contribution in [3.63, 3.8) is 0 Å². The van der Waals surface area contributed by atoms with Gasteiger partial charge in [-0.05, 0) is 23.8 Å².